The standard InChI is InChI=1S/C9H21ClO2Si/c1-5-9(8(4)10)13(11-6-2)12-7-3/h8-9,13H,5-7H2,1-4H3. The van der Waals surface area contributed by atoms with E-state index in [0.717, 1.165) is 19.6 Å². The molecule has 2 atom stereocenters. The van der Waals surface area contributed by atoms with Gasteiger partial charge < -0.3 is 8.85 Å². The van der Waals surface area contributed by atoms with Gasteiger partial charge in [-0.1, -0.05) is 13.3 Å². The van der Waals surface area contributed by atoms with Gasteiger partial charge in [0.1, 0.15) is 0 Å². The molecule has 0 fully saturated rings. The van der Waals surface area contributed by atoms with E-state index in [1.807, 2.05) is 20.8 Å². The van der Waals surface area contributed by atoms with E-state index in [-0.39, 0.29) is 5.38 Å². The Kier molecular flexibility index (Phi) is 8.05. The Bertz CT molecular complexity index is 116. The molecule has 0 bridgehead atoms. The lowest BCUT2D eigenvalue weighted by Crippen LogP contribution is -2.32. The minimum Gasteiger partial charge on any atom is -0.397 e. The van der Waals surface area contributed by atoms with Crippen molar-refractivity contribution in [3.8, 4) is 0 Å². The summed E-state index contributed by atoms with van der Waals surface area (Å²) in [6, 6.07) is 0. The molecule has 0 N–H and O–H groups in total. The van der Waals surface area contributed by atoms with Crippen LogP contribution in [0.3, 0.4) is 0 Å². The fourth-order valence-electron chi connectivity index (χ4n) is 1.36. The van der Waals surface area contributed by atoms with Crippen LogP contribution in [-0.4, -0.2) is 27.9 Å². The molecule has 0 aliphatic carbocycles. The lowest BCUT2D eigenvalue weighted by Gasteiger charge is -2.25. The molecule has 4 heteroatoms. The summed E-state index contributed by atoms with van der Waals surface area (Å²) in [6.45, 7) is 9.64. The summed E-state index contributed by atoms with van der Waals surface area (Å²) in [6.07, 6.45) is 1.04. The fourth-order valence-corrected chi connectivity index (χ4v) is 3.96. The molecule has 2 unspecified atom stereocenters. The van der Waals surface area contributed by atoms with Gasteiger partial charge in [0.25, 0.3) is 0 Å². The molecule has 0 radical (unpaired) electrons. The molecule has 0 saturated carbocycles. The molecule has 0 spiro atoms. The summed E-state index contributed by atoms with van der Waals surface area (Å²) in [5, 5.41) is 0.153. The van der Waals surface area contributed by atoms with Crippen molar-refractivity contribution in [3.63, 3.8) is 0 Å². The Labute approximate surface area is 88.4 Å². The third-order valence-corrected chi connectivity index (χ3v) is 5.71. The quantitative estimate of drug-likeness (QED) is 0.489. The number of hydrogen-bond donors (Lipinski definition) is 0. The normalized spacial score (nSPS) is 16.2. The second kappa shape index (κ2) is 7.80. The maximum absolute atomic E-state index is 6.08. The summed E-state index contributed by atoms with van der Waals surface area (Å²) >= 11 is 6.08. The Morgan fingerprint density at radius 2 is 1.62 bits per heavy atom. The molecule has 0 saturated heterocycles. The zero-order valence-electron chi connectivity index (χ0n) is 9.05. The van der Waals surface area contributed by atoms with E-state index in [0.29, 0.717) is 5.54 Å². The average molecular weight is 225 g/mol. The number of rotatable bonds is 7. The average Bonchev–Trinajstić information content (AvgIpc) is 2.05. The largest absolute Gasteiger partial charge is 0.397 e. The zero-order valence-corrected chi connectivity index (χ0v) is 11.0. The van der Waals surface area contributed by atoms with E-state index < -0.39 is 9.28 Å². The van der Waals surface area contributed by atoms with E-state index in [1.54, 1.807) is 0 Å². The van der Waals surface area contributed by atoms with Gasteiger partial charge in [0.05, 0.1) is 0 Å². The Morgan fingerprint density at radius 1 is 1.15 bits per heavy atom. The van der Waals surface area contributed by atoms with Crippen molar-refractivity contribution in [2.75, 3.05) is 13.2 Å². The van der Waals surface area contributed by atoms with Gasteiger partial charge in [0.15, 0.2) is 0 Å². The van der Waals surface area contributed by atoms with Crippen molar-refractivity contribution in [2.24, 2.45) is 0 Å². The molecule has 2 nitrogen and oxygen atoms in total. The van der Waals surface area contributed by atoms with Gasteiger partial charge in [-0.15, -0.1) is 11.6 Å². The molecular weight excluding hydrogens is 204 g/mol. The molecule has 80 valence electrons. The van der Waals surface area contributed by atoms with E-state index in [1.165, 1.54) is 0 Å². The highest BCUT2D eigenvalue weighted by Crippen LogP contribution is 2.25. The van der Waals surface area contributed by atoms with Gasteiger partial charge in [-0.05, 0) is 20.8 Å². The van der Waals surface area contributed by atoms with Crippen LogP contribution in [0.4, 0.5) is 0 Å². The zero-order chi connectivity index (χ0) is 10.3. The van der Waals surface area contributed by atoms with Gasteiger partial charge in [-0.25, -0.2) is 0 Å². The monoisotopic (exact) mass is 224 g/mol. The van der Waals surface area contributed by atoms with Gasteiger partial charge >= 0.3 is 9.28 Å². The Hall–Kier alpha value is 0.427. The van der Waals surface area contributed by atoms with E-state index in [9.17, 15) is 0 Å². The van der Waals surface area contributed by atoms with Crippen LogP contribution in [0.15, 0.2) is 0 Å². The fraction of sp³-hybridized carbons (Fsp3) is 1.00. The van der Waals surface area contributed by atoms with E-state index in [4.69, 9.17) is 20.5 Å². The Morgan fingerprint density at radius 3 is 1.85 bits per heavy atom. The van der Waals surface area contributed by atoms with Crippen LogP contribution in [-0.2, 0) is 8.85 Å². The molecule has 0 amide bonds. The molecule has 0 heterocycles. The third-order valence-electron chi connectivity index (χ3n) is 2.07. The second-order valence-corrected chi connectivity index (χ2v) is 5.98. The maximum Gasteiger partial charge on any atom is 0.326 e. The minimum atomic E-state index is -1.54. The van der Waals surface area contributed by atoms with Crippen molar-refractivity contribution in [1.82, 2.24) is 0 Å². The highest BCUT2D eigenvalue weighted by molar-refractivity contribution is 6.48. The molecule has 0 aliphatic rings. The molecule has 0 aromatic heterocycles. The molecule has 0 aromatic rings. The first-order chi connectivity index (χ1) is 6.17. The van der Waals surface area contributed by atoms with Gasteiger partial charge in [0.2, 0.25) is 0 Å². The van der Waals surface area contributed by atoms with Crippen LogP contribution in [0.5, 0.6) is 0 Å². The first-order valence-corrected chi connectivity index (χ1v) is 7.09. The number of hydrogen-bond acceptors (Lipinski definition) is 2. The third kappa shape index (κ3) is 5.01. The smallest absolute Gasteiger partial charge is 0.326 e. The molecule has 0 aromatic carbocycles. The first kappa shape index (κ1) is 13.4. The predicted octanol–water partition coefficient (Wildman–Crippen LogP) is 2.69. The van der Waals surface area contributed by atoms with Gasteiger partial charge in [-0.2, -0.15) is 0 Å². The molecule has 0 rings (SSSR count). The van der Waals surface area contributed by atoms with Crippen molar-refractivity contribution in [3.05, 3.63) is 0 Å². The summed E-state index contributed by atoms with van der Waals surface area (Å²) in [5.41, 5.74) is 0.418. The highest BCUT2D eigenvalue weighted by atomic mass is 35.5. The molecule has 13 heavy (non-hydrogen) atoms. The SMILES string of the molecule is CCO[SiH](OCC)C(CC)C(C)Cl. The molecular formula is C9H21ClO2Si. The van der Waals surface area contributed by atoms with Crippen LogP contribution >= 0.6 is 11.6 Å². The van der Waals surface area contributed by atoms with Crippen LogP contribution in [0.25, 0.3) is 0 Å². The lowest BCUT2D eigenvalue weighted by molar-refractivity contribution is 0.202. The van der Waals surface area contributed by atoms with E-state index >= 15 is 0 Å². The number of alkyl halides is 1. The predicted molar refractivity (Wildman–Crippen MR) is 59.8 cm³/mol. The van der Waals surface area contributed by atoms with Crippen LogP contribution < -0.4 is 0 Å². The van der Waals surface area contributed by atoms with E-state index in [2.05, 4.69) is 6.92 Å². The van der Waals surface area contributed by atoms with Crippen molar-refractivity contribution in [1.29, 1.82) is 0 Å². The summed E-state index contributed by atoms with van der Waals surface area (Å²) in [4.78, 5) is 0. The second-order valence-electron chi connectivity index (χ2n) is 3.03. The van der Waals surface area contributed by atoms with Crippen LogP contribution in [0, 0.1) is 0 Å². The highest BCUT2D eigenvalue weighted by Gasteiger charge is 2.28. The summed E-state index contributed by atoms with van der Waals surface area (Å²) < 4.78 is 11.3. The lowest BCUT2D eigenvalue weighted by atomic mass is 10.3. The minimum absolute atomic E-state index is 0.153. The summed E-state index contributed by atoms with van der Waals surface area (Å²) in [7, 11) is -1.54. The number of halogens is 1. The summed E-state index contributed by atoms with van der Waals surface area (Å²) in [5.74, 6) is 0. The van der Waals surface area contributed by atoms with Gasteiger partial charge in [0, 0.05) is 24.1 Å². The maximum atomic E-state index is 6.08. The van der Waals surface area contributed by atoms with Crippen molar-refractivity contribution >= 4 is 20.9 Å². The molecule has 0 aliphatic heterocycles. The first-order valence-electron chi connectivity index (χ1n) is 5.04. The van der Waals surface area contributed by atoms with Crippen LogP contribution in [0.1, 0.15) is 34.1 Å². The topological polar surface area (TPSA) is 18.5 Å². The van der Waals surface area contributed by atoms with Crippen LogP contribution in [0.2, 0.25) is 5.54 Å². The van der Waals surface area contributed by atoms with Gasteiger partial charge in [-0.3, -0.25) is 0 Å². The Balaban J connectivity index is 4.11. The van der Waals surface area contributed by atoms with Crippen molar-refractivity contribution < 1.29 is 8.85 Å². The van der Waals surface area contributed by atoms with Crippen molar-refractivity contribution in [2.45, 2.75) is 45.0 Å².